The Bertz CT molecular complexity index is 755. The summed E-state index contributed by atoms with van der Waals surface area (Å²) in [6.45, 7) is 13.6. The van der Waals surface area contributed by atoms with Crippen LogP contribution in [0.25, 0.3) is 11.1 Å². The maximum Gasteiger partial charge on any atom is 0.126 e. The Balaban J connectivity index is 2.15. The van der Waals surface area contributed by atoms with Crippen molar-refractivity contribution < 1.29 is 4.74 Å². The van der Waals surface area contributed by atoms with Gasteiger partial charge in [0.15, 0.2) is 0 Å². The van der Waals surface area contributed by atoms with Gasteiger partial charge >= 0.3 is 0 Å². The van der Waals surface area contributed by atoms with Crippen molar-refractivity contribution in [3.05, 3.63) is 52.6 Å². The first-order valence-corrected chi connectivity index (χ1v) is 8.47. The smallest absolute Gasteiger partial charge is 0.126 e. The molecule has 3 rings (SSSR count). The highest BCUT2D eigenvalue weighted by molar-refractivity contribution is 5.80. The van der Waals surface area contributed by atoms with E-state index in [1.807, 2.05) is 0 Å². The molecule has 122 valence electrons. The Morgan fingerprint density at radius 3 is 2.04 bits per heavy atom. The van der Waals surface area contributed by atoms with Crippen LogP contribution < -0.4 is 4.74 Å². The van der Waals surface area contributed by atoms with E-state index in [1.54, 1.807) is 7.11 Å². The van der Waals surface area contributed by atoms with Gasteiger partial charge in [-0.05, 0) is 38.6 Å². The summed E-state index contributed by atoms with van der Waals surface area (Å²) < 4.78 is 5.84. The zero-order valence-corrected chi connectivity index (χ0v) is 15.5. The molecule has 1 aliphatic carbocycles. The second kappa shape index (κ2) is 5.12. The standard InChI is InChI=1S/C22H28O/c1-21(2,3)15-8-9-16-14(12-15)13-18-17(16)10-11-19(20(18)23-7)22(4,5)6/h8-12H,13H2,1-7H3. The molecule has 0 saturated heterocycles. The van der Waals surface area contributed by atoms with Crippen molar-refractivity contribution in [2.45, 2.75) is 58.8 Å². The van der Waals surface area contributed by atoms with E-state index in [2.05, 4.69) is 71.9 Å². The molecule has 2 aromatic rings. The average Bonchev–Trinajstić information content (AvgIpc) is 2.81. The van der Waals surface area contributed by atoms with E-state index in [1.165, 1.54) is 33.4 Å². The third kappa shape index (κ3) is 2.67. The number of methoxy groups -OCH3 is 1. The van der Waals surface area contributed by atoms with Crippen LogP contribution in [0.2, 0.25) is 0 Å². The zero-order valence-electron chi connectivity index (χ0n) is 15.5. The predicted octanol–water partition coefficient (Wildman–Crippen LogP) is 5.86. The quantitative estimate of drug-likeness (QED) is 0.547. The van der Waals surface area contributed by atoms with E-state index in [0.717, 1.165) is 12.2 Å². The molecule has 0 saturated carbocycles. The van der Waals surface area contributed by atoms with E-state index in [4.69, 9.17) is 4.74 Å². The summed E-state index contributed by atoms with van der Waals surface area (Å²) in [5.74, 6) is 1.07. The lowest BCUT2D eigenvalue weighted by Gasteiger charge is -2.24. The van der Waals surface area contributed by atoms with Crippen LogP contribution in [0.15, 0.2) is 30.3 Å². The highest BCUT2D eigenvalue weighted by Crippen LogP contribution is 2.46. The number of ether oxygens (including phenoxy) is 1. The number of hydrogen-bond donors (Lipinski definition) is 0. The van der Waals surface area contributed by atoms with Gasteiger partial charge in [-0.25, -0.2) is 0 Å². The number of fused-ring (bicyclic) bond motifs is 3. The predicted molar refractivity (Wildman–Crippen MR) is 98.6 cm³/mol. The maximum absolute atomic E-state index is 5.84. The fraction of sp³-hybridized carbons (Fsp3) is 0.455. The van der Waals surface area contributed by atoms with Gasteiger partial charge < -0.3 is 4.74 Å². The van der Waals surface area contributed by atoms with Crippen LogP contribution in [0, 0.1) is 0 Å². The summed E-state index contributed by atoms with van der Waals surface area (Å²) in [7, 11) is 1.80. The van der Waals surface area contributed by atoms with Crippen LogP contribution in [-0.2, 0) is 17.3 Å². The first-order valence-electron chi connectivity index (χ1n) is 8.47. The van der Waals surface area contributed by atoms with Gasteiger partial charge in [0.25, 0.3) is 0 Å². The topological polar surface area (TPSA) is 9.23 Å². The third-order valence-electron chi connectivity index (χ3n) is 4.90. The van der Waals surface area contributed by atoms with Gasteiger partial charge in [-0.3, -0.25) is 0 Å². The molecular weight excluding hydrogens is 280 g/mol. The van der Waals surface area contributed by atoms with E-state index in [9.17, 15) is 0 Å². The minimum atomic E-state index is 0.0890. The summed E-state index contributed by atoms with van der Waals surface area (Å²) >= 11 is 0. The van der Waals surface area contributed by atoms with Crippen LogP contribution in [0.5, 0.6) is 5.75 Å². The summed E-state index contributed by atoms with van der Waals surface area (Å²) in [5.41, 5.74) is 8.45. The SMILES string of the molecule is COc1c(C(C)(C)C)ccc2c1Cc1cc(C(C)(C)C)ccc1-2. The molecule has 0 spiro atoms. The molecule has 0 aromatic heterocycles. The van der Waals surface area contributed by atoms with Gasteiger partial charge in [-0.15, -0.1) is 0 Å². The summed E-state index contributed by atoms with van der Waals surface area (Å²) in [5, 5.41) is 0. The molecule has 0 fully saturated rings. The fourth-order valence-corrected chi connectivity index (χ4v) is 3.54. The van der Waals surface area contributed by atoms with Crippen LogP contribution in [0.4, 0.5) is 0 Å². The van der Waals surface area contributed by atoms with Gasteiger partial charge in [0, 0.05) is 12.0 Å². The lowest BCUT2D eigenvalue weighted by molar-refractivity contribution is 0.394. The monoisotopic (exact) mass is 308 g/mol. The Morgan fingerprint density at radius 1 is 0.826 bits per heavy atom. The first-order chi connectivity index (χ1) is 10.6. The average molecular weight is 308 g/mol. The van der Waals surface area contributed by atoms with Crippen molar-refractivity contribution in [3.63, 3.8) is 0 Å². The molecule has 2 aromatic carbocycles. The molecule has 23 heavy (non-hydrogen) atoms. The second-order valence-electron chi connectivity index (χ2n) is 8.72. The molecule has 0 aliphatic heterocycles. The van der Waals surface area contributed by atoms with E-state index >= 15 is 0 Å². The largest absolute Gasteiger partial charge is 0.496 e. The van der Waals surface area contributed by atoms with Gasteiger partial charge in [0.1, 0.15) is 5.75 Å². The highest BCUT2D eigenvalue weighted by Gasteiger charge is 2.28. The van der Waals surface area contributed by atoms with Gasteiger partial charge in [0.2, 0.25) is 0 Å². The normalized spacial score (nSPS) is 13.7. The minimum absolute atomic E-state index is 0.0890. The van der Waals surface area contributed by atoms with Crippen molar-refractivity contribution in [2.75, 3.05) is 7.11 Å². The molecule has 0 unspecified atom stereocenters. The molecule has 0 bridgehead atoms. The minimum Gasteiger partial charge on any atom is -0.496 e. The zero-order chi connectivity index (χ0) is 17.0. The third-order valence-corrected chi connectivity index (χ3v) is 4.90. The maximum atomic E-state index is 5.84. The molecule has 0 amide bonds. The summed E-state index contributed by atoms with van der Waals surface area (Å²) in [4.78, 5) is 0. The van der Waals surface area contributed by atoms with Crippen LogP contribution in [0.3, 0.4) is 0 Å². The lowest BCUT2D eigenvalue weighted by atomic mass is 9.84. The Kier molecular flexibility index (Phi) is 3.59. The molecule has 1 heteroatoms. The van der Waals surface area contributed by atoms with Crippen molar-refractivity contribution >= 4 is 0 Å². The number of hydrogen-bond acceptors (Lipinski definition) is 1. The first kappa shape index (κ1) is 16.1. The molecule has 0 atom stereocenters. The number of rotatable bonds is 1. The molecule has 1 aliphatic rings. The van der Waals surface area contributed by atoms with Crippen LogP contribution in [0.1, 0.15) is 63.8 Å². The fourth-order valence-electron chi connectivity index (χ4n) is 3.54. The van der Waals surface area contributed by atoms with Gasteiger partial charge in [-0.1, -0.05) is 71.9 Å². The van der Waals surface area contributed by atoms with Crippen molar-refractivity contribution in [1.82, 2.24) is 0 Å². The number of benzene rings is 2. The van der Waals surface area contributed by atoms with Crippen molar-refractivity contribution in [2.24, 2.45) is 0 Å². The molecule has 0 heterocycles. The molecule has 0 N–H and O–H groups in total. The van der Waals surface area contributed by atoms with E-state index in [-0.39, 0.29) is 10.8 Å². The Labute approximate surface area is 140 Å². The second-order valence-corrected chi connectivity index (χ2v) is 8.72. The molecule has 1 nitrogen and oxygen atoms in total. The van der Waals surface area contributed by atoms with E-state index < -0.39 is 0 Å². The van der Waals surface area contributed by atoms with Crippen molar-refractivity contribution in [3.8, 4) is 16.9 Å². The molecule has 0 radical (unpaired) electrons. The van der Waals surface area contributed by atoms with Gasteiger partial charge in [-0.2, -0.15) is 0 Å². The Morgan fingerprint density at radius 2 is 1.48 bits per heavy atom. The van der Waals surface area contributed by atoms with Crippen LogP contribution >= 0.6 is 0 Å². The highest BCUT2D eigenvalue weighted by atomic mass is 16.5. The lowest BCUT2D eigenvalue weighted by Crippen LogP contribution is -2.13. The molecular formula is C22H28O. The van der Waals surface area contributed by atoms with Crippen LogP contribution in [-0.4, -0.2) is 7.11 Å². The summed E-state index contributed by atoms with van der Waals surface area (Å²) in [6, 6.07) is 11.5. The summed E-state index contributed by atoms with van der Waals surface area (Å²) in [6.07, 6.45) is 0.974. The van der Waals surface area contributed by atoms with Gasteiger partial charge in [0.05, 0.1) is 7.11 Å². The van der Waals surface area contributed by atoms with E-state index in [0.29, 0.717) is 0 Å². The van der Waals surface area contributed by atoms with Crippen molar-refractivity contribution in [1.29, 1.82) is 0 Å². The Hall–Kier alpha value is -1.76.